The van der Waals surface area contributed by atoms with Crippen LogP contribution in [-0.4, -0.2) is 41.8 Å². The minimum absolute atomic E-state index is 0.124. The van der Waals surface area contributed by atoms with Gasteiger partial charge in [0, 0.05) is 19.0 Å². The van der Waals surface area contributed by atoms with Gasteiger partial charge in [-0.1, -0.05) is 6.07 Å². The molecule has 0 saturated carbocycles. The molecule has 0 spiro atoms. The van der Waals surface area contributed by atoms with Crippen LogP contribution in [0.5, 0.6) is 0 Å². The van der Waals surface area contributed by atoms with Crippen molar-refractivity contribution in [2.24, 2.45) is 0 Å². The quantitative estimate of drug-likeness (QED) is 0.775. The number of nitrogens with one attached hydrogen (secondary N) is 2. The van der Waals surface area contributed by atoms with Crippen LogP contribution in [0.2, 0.25) is 0 Å². The van der Waals surface area contributed by atoms with Crippen LogP contribution in [0.1, 0.15) is 46.4 Å². The highest BCUT2D eigenvalue weighted by atomic mass is 16.7. The van der Waals surface area contributed by atoms with Gasteiger partial charge in [0.2, 0.25) is 11.8 Å². The summed E-state index contributed by atoms with van der Waals surface area (Å²) in [5.41, 5.74) is 1.71. The van der Waals surface area contributed by atoms with Crippen molar-refractivity contribution in [3.8, 4) is 0 Å². The molecular weight excluding hydrogens is 345 g/mol. The van der Waals surface area contributed by atoms with Gasteiger partial charge in [-0.05, 0) is 51.7 Å². The Bertz CT molecular complexity index is 848. The summed E-state index contributed by atoms with van der Waals surface area (Å²) < 4.78 is 18.0. The number of fused-ring (bicyclic) bond motifs is 1. The van der Waals surface area contributed by atoms with Gasteiger partial charge < -0.3 is 24.4 Å². The van der Waals surface area contributed by atoms with Crippen molar-refractivity contribution < 1.29 is 18.5 Å². The van der Waals surface area contributed by atoms with Crippen molar-refractivity contribution in [2.75, 3.05) is 6.54 Å². The molecule has 4 rings (SSSR count). The molecule has 2 aliphatic heterocycles. The van der Waals surface area contributed by atoms with E-state index in [1.165, 1.54) is 0 Å². The second kappa shape index (κ2) is 6.62. The largest absolute Gasteiger partial charge is 0.494 e. The fourth-order valence-corrected chi connectivity index (χ4v) is 3.38. The fourth-order valence-electron chi connectivity index (χ4n) is 3.38. The summed E-state index contributed by atoms with van der Waals surface area (Å²) in [6, 6.07) is 6.02. The molecule has 2 fully saturated rings. The molecule has 0 unspecified atom stereocenters. The first-order valence-electron chi connectivity index (χ1n) is 9.49. The molecule has 7 nitrogen and oxygen atoms in total. The molecule has 3 heterocycles. The minimum Gasteiger partial charge on any atom is -0.439 e. The predicted octanol–water partition coefficient (Wildman–Crippen LogP) is 1.50. The Morgan fingerprint density at radius 1 is 1.26 bits per heavy atom. The Balaban J connectivity index is 1.42. The maximum atomic E-state index is 11.2. The number of hydrogen-bond acceptors (Lipinski definition) is 6. The number of aromatic nitrogens is 1. The van der Waals surface area contributed by atoms with Gasteiger partial charge >= 0.3 is 7.12 Å². The van der Waals surface area contributed by atoms with Crippen molar-refractivity contribution >= 4 is 29.6 Å². The van der Waals surface area contributed by atoms with Crippen molar-refractivity contribution in [3.05, 3.63) is 24.1 Å². The van der Waals surface area contributed by atoms with E-state index in [0.717, 1.165) is 23.0 Å². The van der Waals surface area contributed by atoms with E-state index in [-0.39, 0.29) is 23.2 Å². The summed E-state index contributed by atoms with van der Waals surface area (Å²) in [4.78, 5) is 15.8. The van der Waals surface area contributed by atoms with Crippen molar-refractivity contribution in [2.45, 2.75) is 64.3 Å². The van der Waals surface area contributed by atoms with Crippen LogP contribution in [0.4, 0.5) is 0 Å². The van der Waals surface area contributed by atoms with Gasteiger partial charge in [0.25, 0.3) is 0 Å². The van der Waals surface area contributed by atoms with Crippen molar-refractivity contribution in [1.82, 2.24) is 15.6 Å². The molecule has 2 N–H and O–H groups in total. The topological polar surface area (TPSA) is 85.6 Å². The molecule has 1 amide bonds. The van der Waals surface area contributed by atoms with Gasteiger partial charge in [-0.25, -0.2) is 4.98 Å². The van der Waals surface area contributed by atoms with Gasteiger partial charge in [0.1, 0.15) is 5.52 Å². The first-order valence-corrected chi connectivity index (χ1v) is 9.49. The zero-order valence-electron chi connectivity index (χ0n) is 16.3. The summed E-state index contributed by atoms with van der Waals surface area (Å²) in [5, 5.41) is 6.23. The number of carbonyl (C=O) groups is 1. The van der Waals surface area contributed by atoms with Crippen LogP contribution in [0, 0.1) is 0 Å². The Labute approximate surface area is 159 Å². The smallest absolute Gasteiger partial charge is 0.439 e. The van der Waals surface area contributed by atoms with E-state index >= 15 is 0 Å². The van der Waals surface area contributed by atoms with E-state index in [9.17, 15) is 4.79 Å². The van der Waals surface area contributed by atoms with Crippen molar-refractivity contribution in [3.63, 3.8) is 0 Å². The second-order valence-electron chi connectivity index (χ2n) is 8.36. The lowest BCUT2D eigenvalue weighted by molar-refractivity contribution is -0.119. The van der Waals surface area contributed by atoms with Gasteiger partial charge in [-0.2, -0.15) is 0 Å². The van der Waals surface area contributed by atoms with Gasteiger partial charge in [-0.3, -0.25) is 4.79 Å². The van der Waals surface area contributed by atoms with Crippen LogP contribution in [0.15, 0.2) is 22.6 Å². The van der Waals surface area contributed by atoms with Gasteiger partial charge in [0.15, 0.2) is 5.58 Å². The third-order valence-corrected chi connectivity index (χ3v) is 5.73. The average Bonchev–Trinajstić information content (AvgIpc) is 3.23. The Hall–Kier alpha value is -1.90. The normalized spacial score (nSPS) is 23.9. The summed E-state index contributed by atoms with van der Waals surface area (Å²) in [5.74, 6) is 0.749. The highest BCUT2D eigenvalue weighted by Gasteiger charge is 2.51. The number of carbonyl (C=O) groups excluding carboxylic acids is 1. The van der Waals surface area contributed by atoms with Crippen LogP contribution >= 0.6 is 0 Å². The number of amides is 1. The maximum Gasteiger partial charge on any atom is 0.494 e. The molecule has 1 atom stereocenters. The van der Waals surface area contributed by atoms with E-state index in [0.29, 0.717) is 25.4 Å². The number of benzene rings is 1. The molecule has 144 valence electrons. The Morgan fingerprint density at radius 3 is 2.67 bits per heavy atom. The maximum absolute atomic E-state index is 11.2. The van der Waals surface area contributed by atoms with Crippen LogP contribution in [0.25, 0.3) is 11.1 Å². The number of rotatable bonds is 5. The molecule has 27 heavy (non-hydrogen) atoms. The van der Waals surface area contributed by atoms with E-state index in [2.05, 4.69) is 15.6 Å². The highest BCUT2D eigenvalue weighted by Crippen LogP contribution is 2.36. The monoisotopic (exact) mass is 371 g/mol. The third kappa shape index (κ3) is 3.61. The lowest BCUT2D eigenvalue weighted by atomic mass is 9.79. The highest BCUT2D eigenvalue weighted by molar-refractivity contribution is 6.62. The standard InChI is InChI=1S/C19H26BN3O4/c1-18(2)19(3,4)27-20(26-18)12-5-7-15-14(9-12)23-17(25-15)11-21-10-13-6-8-16(24)22-13/h5,7,9,13,21H,6,8,10-11H2,1-4H3,(H,22,24)/t13-/m0/s1. The van der Waals surface area contributed by atoms with Gasteiger partial charge in [0.05, 0.1) is 17.7 Å². The van der Waals surface area contributed by atoms with Crippen LogP contribution in [0.3, 0.4) is 0 Å². The zero-order chi connectivity index (χ0) is 19.2. The molecule has 1 aromatic heterocycles. The molecule has 1 aromatic carbocycles. The molecule has 8 heteroatoms. The summed E-state index contributed by atoms with van der Waals surface area (Å²) in [6.45, 7) is 9.39. The Kier molecular flexibility index (Phi) is 4.52. The Morgan fingerprint density at radius 2 is 2.00 bits per heavy atom. The van der Waals surface area contributed by atoms with E-state index < -0.39 is 7.12 Å². The third-order valence-electron chi connectivity index (χ3n) is 5.73. The lowest BCUT2D eigenvalue weighted by Crippen LogP contribution is -2.41. The van der Waals surface area contributed by atoms with Crippen molar-refractivity contribution in [1.29, 1.82) is 0 Å². The minimum atomic E-state index is -0.413. The first kappa shape index (κ1) is 18.5. The second-order valence-corrected chi connectivity index (χ2v) is 8.36. The van der Waals surface area contributed by atoms with Crippen LogP contribution in [-0.2, 0) is 20.6 Å². The number of oxazole rings is 1. The molecule has 2 saturated heterocycles. The predicted molar refractivity (Wildman–Crippen MR) is 103 cm³/mol. The van der Waals surface area contributed by atoms with E-state index in [1.54, 1.807) is 0 Å². The number of nitrogens with zero attached hydrogens (tertiary/aromatic N) is 1. The zero-order valence-corrected chi connectivity index (χ0v) is 16.3. The first-order chi connectivity index (χ1) is 12.7. The van der Waals surface area contributed by atoms with E-state index in [1.807, 2.05) is 45.9 Å². The molecule has 0 bridgehead atoms. The summed E-state index contributed by atoms with van der Waals surface area (Å²) in [6.07, 6.45) is 1.48. The molecule has 0 radical (unpaired) electrons. The fraction of sp³-hybridized carbons (Fsp3) is 0.579. The number of hydrogen-bond donors (Lipinski definition) is 2. The molecular formula is C19H26BN3O4. The van der Waals surface area contributed by atoms with Crippen LogP contribution < -0.4 is 16.1 Å². The van der Waals surface area contributed by atoms with E-state index in [4.69, 9.17) is 13.7 Å². The molecule has 2 aromatic rings. The van der Waals surface area contributed by atoms with Gasteiger partial charge in [-0.15, -0.1) is 0 Å². The molecule has 0 aliphatic carbocycles. The lowest BCUT2D eigenvalue weighted by Gasteiger charge is -2.32. The summed E-state index contributed by atoms with van der Waals surface area (Å²) in [7, 11) is -0.413. The molecule has 2 aliphatic rings. The SMILES string of the molecule is CC1(C)OB(c2ccc3oc(CNC[C@@H]4CCC(=O)N4)nc3c2)OC1(C)C. The average molecular weight is 371 g/mol. The summed E-state index contributed by atoms with van der Waals surface area (Å²) >= 11 is 0.